The number of carbonyl (C=O) groups excluding carboxylic acids is 2. The van der Waals surface area contributed by atoms with Crippen LogP contribution in [0.1, 0.15) is 29.5 Å². The molecule has 102 valence electrons. The normalized spacial score (nSPS) is 22.6. The quantitative estimate of drug-likeness (QED) is 0.659. The second kappa shape index (κ2) is 4.77. The first kappa shape index (κ1) is 13.7. The molecule has 19 heavy (non-hydrogen) atoms. The van der Waals surface area contributed by atoms with E-state index in [1.165, 1.54) is 0 Å². The molecule has 0 radical (unpaired) electrons. The molecule has 6 nitrogen and oxygen atoms in total. The average Bonchev–Trinajstić information content (AvgIpc) is 2.72. The highest BCUT2D eigenvalue weighted by Gasteiger charge is 2.40. The van der Waals surface area contributed by atoms with Crippen LogP contribution in [0.15, 0.2) is 0 Å². The first-order chi connectivity index (χ1) is 8.87. The zero-order chi connectivity index (χ0) is 14.2. The Morgan fingerprint density at radius 2 is 2.21 bits per heavy atom. The van der Waals surface area contributed by atoms with Gasteiger partial charge >= 0.3 is 0 Å². The SMILES string of the molecule is Cc1nc(Cl)c(C=O)c(N2CCC(C)(C(N)=O)C2)n1. The molecular formula is C12H15ClN4O2. The fourth-order valence-corrected chi connectivity index (χ4v) is 2.47. The Hall–Kier alpha value is -1.69. The van der Waals surface area contributed by atoms with Crippen molar-refractivity contribution < 1.29 is 9.59 Å². The summed E-state index contributed by atoms with van der Waals surface area (Å²) in [5.74, 6) is 0.607. The lowest BCUT2D eigenvalue weighted by Gasteiger charge is -2.23. The van der Waals surface area contributed by atoms with Crippen molar-refractivity contribution in [1.82, 2.24) is 9.97 Å². The lowest BCUT2D eigenvalue weighted by molar-refractivity contribution is -0.125. The van der Waals surface area contributed by atoms with Crippen LogP contribution in [0.4, 0.5) is 5.82 Å². The number of hydrogen-bond donors (Lipinski definition) is 1. The Morgan fingerprint density at radius 3 is 2.74 bits per heavy atom. The number of nitrogens with zero attached hydrogens (tertiary/aromatic N) is 3. The van der Waals surface area contributed by atoms with Gasteiger partial charge in [-0.15, -0.1) is 0 Å². The van der Waals surface area contributed by atoms with Gasteiger partial charge in [0, 0.05) is 13.1 Å². The molecule has 2 rings (SSSR count). The monoisotopic (exact) mass is 282 g/mol. The van der Waals surface area contributed by atoms with Gasteiger partial charge in [-0.2, -0.15) is 0 Å². The average molecular weight is 283 g/mol. The molecule has 1 atom stereocenters. The number of aryl methyl sites for hydroxylation is 1. The molecule has 0 spiro atoms. The van der Waals surface area contributed by atoms with Crippen LogP contribution in [0.5, 0.6) is 0 Å². The zero-order valence-corrected chi connectivity index (χ0v) is 11.6. The van der Waals surface area contributed by atoms with E-state index in [1.807, 2.05) is 11.8 Å². The number of nitrogens with two attached hydrogens (primary N) is 1. The summed E-state index contributed by atoms with van der Waals surface area (Å²) < 4.78 is 0. The number of rotatable bonds is 3. The summed E-state index contributed by atoms with van der Waals surface area (Å²) >= 11 is 5.95. The number of aromatic nitrogens is 2. The van der Waals surface area contributed by atoms with E-state index in [-0.39, 0.29) is 16.6 Å². The van der Waals surface area contributed by atoms with E-state index in [9.17, 15) is 9.59 Å². The third-order valence-corrected chi connectivity index (χ3v) is 3.76. The van der Waals surface area contributed by atoms with Gasteiger partial charge in [0.1, 0.15) is 16.8 Å². The van der Waals surface area contributed by atoms with Crippen molar-refractivity contribution in [3.63, 3.8) is 0 Å². The van der Waals surface area contributed by atoms with Crippen LogP contribution in [-0.4, -0.2) is 35.3 Å². The summed E-state index contributed by atoms with van der Waals surface area (Å²) in [6, 6.07) is 0. The number of carbonyl (C=O) groups is 2. The summed E-state index contributed by atoms with van der Waals surface area (Å²) in [5.41, 5.74) is 5.05. The molecule has 2 N–H and O–H groups in total. The predicted octanol–water partition coefficient (Wildman–Crippen LogP) is 0.953. The maximum absolute atomic E-state index is 11.5. The van der Waals surface area contributed by atoms with Gasteiger partial charge in [-0.1, -0.05) is 11.6 Å². The van der Waals surface area contributed by atoms with Crippen molar-refractivity contribution in [2.24, 2.45) is 11.1 Å². The minimum atomic E-state index is -0.606. The molecule has 0 saturated carbocycles. The molecule has 1 aliphatic rings. The third-order valence-electron chi connectivity index (χ3n) is 3.48. The number of amides is 1. The maximum Gasteiger partial charge on any atom is 0.225 e. The third kappa shape index (κ3) is 2.40. The summed E-state index contributed by atoms with van der Waals surface area (Å²) in [4.78, 5) is 32.7. The van der Waals surface area contributed by atoms with Gasteiger partial charge in [0.15, 0.2) is 6.29 Å². The van der Waals surface area contributed by atoms with Crippen LogP contribution in [0.2, 0.25) is 5.15 Å². The van der Waals surface area contributed by atoms with E-state index in [0.29, 0.717) is 37.4 Å². The molecule has 2 heterocycles. The summed E-state index contributed by atoms with van der Waals surface area (Å²) in [6.07, 6.45) is 1.26. The van der Waals surface area contributed by atoms with Crippen LogP contribution in [-0.2, 0) is 4.79 Å². The Balaban J connectivity index is 2.39. The van der Waals surface area contributed by atoms with Crippen LogP contribution in [0.3, 0.4) is 0 Å². The largest absolute Gasteiger partial charge is 0.369 e. The van der Waals surface area contributed by atoms with Gasteiger partial charge in [-0.3, -0.25) is 9.59 Å². The van der Waals surface area contributed by atoms with Crippen molar-refractivity contribution in [3.05, 3.63) is 16.5 Å². The molecule has 1 aliphatic heterocycles. The first-order valence-corrected chi connectivity index (χ1v) is 6.29. The molecular weight excluding hydrogens is 268 g/mol. The van der Waals surface area contributed by atoms with E-state index in [1.54, 1.807) is 6.92 Å². The summed E-state index contributed by atoms with van der Waals surface area (Å²) in [7, 11) is 0. The van der Waals surface area contributed by atoms with Crippen molar-refractivity contribution in [1.29, 1.82) is 0 Å². The first-order valence-electron chi connectivity index (χ1n) is 5.91. The number of aldehydes is 1. The van der Waals surface area contributed by atoms with E-state index in [0.717, 1.165) is 0 Å². The standard InChI is InChI=1S/C12H15ClN4O2/c1-7-15-9(13)8(5-18)10(16-7)17-4-3-12(2,6-17)11(14)19/h5H,3-4,6H2,1-2H3,(H2,14,19). The van der Waals surface area contributed by atoms with Gasteiger partial charge in [-0.05, 0) is 20.3 Å². The van der Waals surface area contributed by atoms with Crippen molar-refractivity contribution in [3.8, 4) is 0 Å². The fraction of sp³-hybridized carbons (Fsp3) is 0.500. The van der Waals surface area contributed by atoms with Crippen molar-refractivity contribution >= 4 is 29.6 Å². The Morgan fingerprint density at radius 1 is 1.53 bits per heavy atom. The van der Waals surface area contributed by atoms with Crippen molar-refractivity contribution in [2.75, 3.05) is 18.0 Å². The second-order valence-corrected chi connectivity index (χ2v) is 5.37. The molecule has 1 aromatic heterocycles. The maximum atomic E-state index is 11.5. The Kier molecular flexibility index (Phi) is 3.45. The molecule has 1 amide bonds. The molecule has 1 saturated heterocycles. The van der Waals surface area contributed by atoms with Crippen LogP contribution in [0.25, 0.3) is 0 Å². The van der Waals surface area contributed by atoms with Gasteiger partial charge < -0.3 is 10.6 Å². The molecule has 0 bridgehead atoms. The fourth-order valence-electron chi connectivity index (χ4n) is 2.22. The van der Waals surface area contributed by atoms with Crippen molar-refractivity contribution in [2.45, 2.75) is 20.3 Å². The molecule has 1 aromatic rings. The van der Waals surface area contributed by atoms with Gasteiger partial charge in [0.2, 0.25) is 5.91 Å². The lowest BCUT2D eigenvalue weighted by Crippen LogP contribution is -2.37. The van der Waals surface area contributed by atoms with E-state index < -0.39 is 5.41 Å². The topological polar surface area (TPSA) is 89.2 Å². The lowest BCUT2D eigenvalue weighted by atomic mass is 9.89. The highest BCUT2D eigenvalue weighted by molar-refractivity contribution is 6.32. The highest BCUT2D eigenvalue weighted by atomic mass is 35.5. The number of primary amides is 1. The number of hydrogen-bond acceptors (Lipinski definition) is 5. The smallest absolute Gasteiger partial charge is 0.225 e. The highest BCUT2D eigenvalue weighted by Crippen LogP contribution is 2.34. The van der Waals surface area contributed by atoms with Gasteiger partial charge in [0.25, 0.3) is 0 Å². The molecule has 1 fully saturated rings. The molecule has 0 aromatic carbocycles. The van der Waals surface area contributed by atoms with E-state index in [4.69, 9.17) is 17.3 Å². The number of halogens is 1. The molecule has 0 aliphatic carbocycles. The van der Waals surface area contributed by atoms with Gasteiger partial charge in [-0.25, -0.2) is 9.97 Å². The minimum Gasteiger partial charge on any atom is -0.369 e. The Labute approximate surface area is 116 Å². The van der Waals surface area contributed by atoms with Crippen LogP contribution >= 0.6 is 11.6 Å². The number of anilines is 1. The Bertz CT molecular complexity index is 549. The predicted molar refractivity (Wildman–Crippen MR) is 71.3 cm³/mol. The van der Waals surface area contributed by atoms with E-state index >= 15 is 0 Å². The van der Waals surface area contributed by atoms with Crippen LogP contribution in [0, 0.1) is 12.3 Å². The summed E-state index contributed by atoms with van der Waals surface area (Å²) in [6.45, 7) is 4.54. The van der Waals surface area contributed by atoms with E-state index in [2.05, 4.69) is 9.97 Å². The van der Waals surface area contributed by atoms with Gasteiger partial charge in [0.05, 0.1) is 11.0 Å². The zero-order valence-electron chi connectivity index (χ0n) is 10.8. The molecule has 7 heteroatoms. The molecule has 1 unspecified atom stereocenters. The van der Waals surface area contributed by atoms with Crippen LogP contribution < -0.4 is 10.6 Å². The second-order valence-electron chi connectivity index (χ2n) is 5.01. The minimum absolute atomic E-state index is 0.130. The summed E-state index contributed by atoms with van der Waals surface area (Å²) in [5, 5.41) is 0.130.